The molecule has 0 aliphatic carbocycles. The number of rotatable bonds is 5. The number of ether oxygens (including phenoxy) is 1. The van der Waals surface area contributed by atoms with E-state index in [-0.39, 0.29) is 11.1 Å². The first-order chi connectivity index (χ1) is 12.5. The lowest BCUT2D eigenvalue weighted by Crippen LogP contribution is -2.16. The SMILES string of the molecule is Cc1ccc(Oc2ccc(NC(=O)c3ccccc3C(=O)O)cc2)cc1. The quantitative estimate of drug-likeness (QED) is 0.699. The molecule has 2 N–H and O–H groups in total. The molecule has 3 aromatic rings. The second-order valence-corrected chi connectivity index (χ2v) is 5.74. The van der Waals surface area contributed by atoms with Gasteiger partial charge in [0.1, 0.15) is 11.5 Å². The van der Waals surface area contributed by atoms with Crippen molar-refractivity contribution in [1.82, 2.24) is 0 Å². The second kappa shape index (κ2) is 7.53. The fraction of sp³-hybridized carbons (Fsp3) is 0.0476. The van der Waals surface area contributed by atoms with E-state index in [1.54, 1.807) is 36.4 Å². The smallest absolute Gasteiger partial charge is 0.336 e. The number of hydrogen-bond acceptors (Lipinski definition) is 3. The highest BCUT2D eigenvalue weighted by Gasteiger charge is 2.15. The molecule has 5 heteroatoms. The van der Waals surface area contributed by atoms with Gasteiger partial charge in [-0.1, -0.05) is 29.8 Å². The van der Waals surface area contributed by atoms with Gasteiger partial charge in [-0.05, 0) is 55.5 Å². The highest BCUT2D eigenvalue weighted by molar-refractivity contribution is 6.10. The molecule has 0 radical (unpaired) electrons. The maximum absolute atomic E-state index is 12.3. The third kappa shape index (κ3) is 4.08. The molecule has 1 amide bonds. The van der Waals surface area contributed by atoms with Crippen LogP contribution in [0.15, 0.2) is 72.8 Å². The highest BCUT2D eigenvalue weighted by Crippen LogP contribution is 2.23. The number of carbonyl (C=O) groups is 2. The minimum Gasteiger partial charge on any atom is -0.478 e. The zero-order chi connectivity index (χ0) is 18.5. The van der Waals surface area contributed by atoms with Crippen molar-refractivity contribution >= 4 is 17.6 Å². The van der Waals surface area contributed by atoms with Gasteiger partial charge in [0.2, 0.25) is 0 Å². The Morgan fingerprint density at radius 2 is 1.35 bits per heavy atom. The number of nitrogens with one attached hydrogen (secondary N) is 1. The number of aromatic carboxylic acids is 1. The number of aryl methyl sites for hydroxylation is 1. The van der Waals surface area contributed by atoms with E-state index in [0.717, 1.165) is 11.3 Å². The Balaban J connectivity index is 1.70. The Morgan fingerprint density at radius 1 is 0.808 bits per heavy atom. The molecular weight excluding hydrogens is 330 g/mol. The Bertz CT molecular complexity index is 931. The van der Waals surface area contributed by atoms with Gasteiger partial charge in [-0.25, -0.2) is 4.79 Å². The molecule has 0 aromatic heterocycles. The molecule has 0 fully saturated rings. The van der Waals surface area contributed by atoms with Gasteiger partial charge in [0.25, 0.3) is 5.91 Å². The van der Waals surface area contributed by atoms with Crippen molar-refractivity contribution in [3.63, 3.8) is 0 Å². The van der Waals surface area contributed by atoms with E-state index >= 15 is 0 Å². The molecule has 0 bridgehead atoms. The summed E-state index contributed by atoms with van der Waals surface area (Å²) in [5, 5.41) is 11.9. The molecule has 26 heavy (non-hydrogen) atoms. The molecule has 0 saturated carbocycles. The van der Waals surface area contributed by atoms with Crippen LogP contribution in [-0.4, -0.2) is 17.0 Å². The van der Waals surface area contributed by atoms with Gasteiger partial charge in [0, 0.05) is 5.69 Å². The average molecular weight is 347 g/mol. The van der Waals surface area contributed by atoms with Crippen LogP contribution in [0, 0.1) is 6.92 Å². The third-order valence-corrected chi connectivity index (χ3v) is 3.77. The molecule has 130 valence electrons. The van der Waals surface area contributed by atoms with Crippen molar-refractivity contribution in [3.05, 3.63) is 89.5 Å². The lowest BCUT2D eigenvalue weighted by atomic mass is 10.1. The van der Waals surface area contributed by atoms with E-state index in [2.05, 4.69) is 5.32 Å². The molecule has 3 aromatic carbocycles. The number of hydrogen-bond donors (Lipinski definition) is 2. The summed E-state index contributed by atoms with van der Waals surface area (Å²) in [5.41, 5.74) is 1.77. The standard InChI is InChI=1S/C21H17NO4/c1-14-6-10-16(11-7-14)26-17-12-8-15(9-13-17)22-20(23)18-4-2-3-5-19(18)21(24)25/h2-13H,1H3,(H,22,23)(H,24,25). The van der Waals surface area contributed by atoms with Crippen molar-refractivity contribution < 1.29 is 19.4 Å². The maximum Gasteiger partial charge on any atom is 0.336 e. The number of carboxylic acid groups (broad SMARTS) is 1. The first-order valence-corrected chi connectivity index (χ1v) is 8.01. The zero-order valence-corrected chi connectivity index (χ0v) is 14.1. The molecule has 3 rings (SSSR count). The summed E-state index contributed by atoms with van der Waals surface area (Å²) < 4.78 is 5.74. The van der Waals surface area contributed by atoms with Gasteiger partial charge in [0.05, 0.1) is 11.1 Å². The van der Waals surface area contributed by atoms with Crippen molar-refractivity contribution in [2.45, 2.75) is 6.92 Å². The van der Waals surface area contributed by atoms with E-state index in [9.17, 15) is 14.7 Å². The molecule has 0 heterocycles. The number of anilines is 1. The number of carbonyl (C=O) groups excluding carboxylic acids is 1. The Kier molecular flexibility index (Phi) is 4.99. The molecule has 0 spiro atoms. The Labute approximate surface area is 150 Å². The number of carboxylic acids is 1. The average Bonchev–Trinajstić information content (AvgIpc) is 2.65. The van der Waals surface area contributed by atoms with E-state index in [1.807, 2.05) is 31.2 Å². The highest BCUT2D eigenvalue weighted by atomic mass is 16.5. The van der Waals surface area contributed by atoms with Crippen molar-refractivity contribution in [3.8, 4) is 11.5 Å². The molecule has 0 aliphatic rings. The summed E-state index contributed by atoms with van der Waals surface area (Å²) in [7, 11) is 0. The fourth-order valence-corrected chi connectivity index (χ4v) is 2.41. The topological polar surface area (TPSA) is 75.6 Å². The van der Waals surface area contributed by atoms with Crippen LogP contribution in [0.3, 0.4) is 0 Å². The molecule has 0 saturated heterocycles. The lowest BCUT2D eigenvalue weighted by molar-refractivity contribution is 0.0692. The normalized spacial score (nSPS) is 10.2. The van der Waals surface area contributed by atoms with Crippen LogP contribution in [0.5, 0.6) is 11.5 Å². The van der Waals surface area contributed by atoms with Gasteiger partial charge >= 0.3 is 5.97 Å². The fourth-order valence-electron chi connectivity index (χ4n) is 2.41. The Morgan fingerprint density at radius 3 is 1.92 bits per heavy atom. The first kappa shape index (κ1) is 17.2. The van der Waals surface area contributed by atoms with Gasteiger partial charge in [-0.2, -0.15) is 0 Å². The summed E-state index contributed by atoms with van der Waals surface area (Å²) in [6.07, 6.45) is 0. The van der Waals surface area contributed by atoms with Crippen LogP contribution >= 0.6 is 0 Å². The van der Waals surface area contributed by atoms with E-state index in [0.29, 0.717) is 11.4 Å². The zero-order valence-electron chi connectivity index (χ0n) is 14.1. The lowest BCUT2D eigenvalue weighted by Gasteiger charge is -2.09. The van der Waals surface area contributed by atoms with Crippen LogP contribution < -0.4 is 10.1 Å². The summed E-state index contributed by atoms with van der Waals surface area (Å²) in [6, 6.07) is 20.6. The van der Waals surface area contributed by atoms with Crippen molar-refractivity contribution in [2.75, 3.05) is 5.32 Å². The van der Waals surface area contributed by atoms with Gasteiger partial charge in [-0.15, -0.1) is 0 Å². The van der Waals surface area contributed by atoms with Gasteiger partial charge in [0.15, 0.2) is 0 Å². The minimum absolute atomic E-state index is 0.0377. The summed E-state index contributed by atoms with van der Waals surface area (Å²) in [6.45, 7) is 2.00. The molecule has 5 nitrogen and oxygen atoms in total. The number of amides is 1. The van der Waals surface area contributed by atoms with E-state index in [1.165, 1.54) is 12.1 Å². The van der Waals surface area contributed by atoms with E-state index < -0.39 is 11.9 Å². The van der Waals surface area contributed by atoms with Crippen LogP contribution in [0.2, 0.25) is 0 Å². The van der Waals surface area contributed by atoms with Crippen LogP contribution in [-0.2, 0) is 0 Å². The predicted octanol–water partition coefficient (Wildman–Crippen LogP) is 4.74. The van der Waals surface area contributed by atoms with Crippen LogP contribution in [0.25, 0.3) is 0 Å². The second-order valence-electron chi connectivity index (χ2n) is 5.74. The summed E-state index contributed by atoms with van der Waals surface area (Å²) in [5.74, 6) is -0.256. The summed E-state index contributed by atoms with van der Waals surface area (Å²) in [4.78, 5) is 23.6. The van der Waals surface area contributed by atoms with E-state index in [4.69, 9.17) is 4.74 Å². The number of benzene rings is 3. The molecule has 0 atom stereocenters. The maximum atomic E-state index is 12.3. The van der Waals surface area contributed by atoms with Crippen molar-refractivity contribution in [1.29, 1.82) is 0 Å². The van der Waals surface area contributed by atoms with Gasteiger partial charge < -0.3 is 15.2 Å². The predicted molar refractivity (Wildman–Crippen MR) is 99.0 cm³/mol. The van der Waals surface area contributed by atoms with Gasteiger partial charge in [-0.3, -0.25) is 4.79 Å². The molecular formula is C21H17NO4. The molecule has 0 aliphatic heterocycles. The monoisotopic (exact) mass is 347 g/mol. The molecule has 0 unspecified atom stereocenters. The third-order valence-electron chi connectivity index (χ3n) is 3.77. The summed E-state index contributed by atoms with van der Waals surface area (Å²) >= 11 is 0. The Hall–Kier alpha value is -3.60. The van der Waals surface area contributed by atoms with Crippen molar-refractivity contribution in [2.24, 2.45) is 0 Å². The largest absolute Gasteiger partial charge is 0.478 e. The first-order valence-electron chi connectivity index (χ1n) is 8.01. The van der Waals surface area contributed by atoms with Crippen LogP contribution in [0.4, 0.5) is 5.69 Å². The minimum atomic E-state index is -1.14. The van der Waals surface area contributed by atoms with Crippen LogP contribution in [0.1, 0.15) is 26.3 Å².